The average molecular weight is 558 g/mol. The van der Waals surface area contributed by atoms with E-state index in [1.807, 2.05) is 18.2 Å². The first-order chi connectivity index (χ1) is 20.7. The summed E-state index contributed by atoms with van der Waals surface area (Å²) in [5.74, 6) is 0.276. The summed E-state index contributed by atoms with van der Waals surface area (Å²) >= 11 is 1.80. The summed E-state index contributed by atoms with van der Waals surface area (Å²) in [5.41, 5.74) is 7.18. The Morgan fingerprint density at radius 1 is 0.810 bits per heavy atom. The largest absolute Gasteiger partial charge is 0.355 e. The van der Waals surface area contributed by atoms with Gasteiger partial charge in [0.2, 0.25) is 0 Å². The van der Waals surface area contributed by atoms with Crippen molar-refractivity contribution in [2.75, 3.05) is 0 Å². The highest BCUT2D eigenvalue weighted by Crippen LogP contribution is 2.48. The predicted molar refractivity (Wildman–Crippen MR) is 172 cm³/mol. The fraction of sp³-hybridized carbons (Fsp3) is 0.158. The third-order valence-corrected chi connectivity index (χ3v) is 10.4. The molecule has 4 atom stereocenters. The summed E-state index contributed by atoms with van der Waals surface area (Å²) < 4.78 is 2.53. The molecule has 3 aromatic carbocycles. The molecule has 42 heavy (non-hydrogen) atoms. The number of benzene rings is 3. The number of nitriles is 2. The van der Waals surface area contributed by atoms with Gasteiger partial charge in [0.25, 0.3) is 0 Å². The summed E-state index contributed by atoms with van der Waals surface area (Å²) in [7, 11) is 0. The Balaban J connectivity index is 1.22. The highest BCUT2D eigenvalue weighted by molar-refractivity contribution is 7.25. The van der Waals surface area contributed by atoms with Crippen LogP contribution in [0, 0.1) is 28.6 Å². The van der Waals surface area contributed by atoms with Crippen LogP contribution in [0.15, 0.2) is 132 Å². The van der Waals surface area contributed by atoms with E-state index in [0.717, 1.165) is 35.1 Å². The van der Waals surface area contributed by atoms with E-state index in [4.69, 9.17) is 0 Å². The van der Waals surface area contributed by atoms with Crippen molar-refractivity contribution in [3.05, 3.63) is 143 Å². The Kier molecular flexibility index (Phi) is 5.85. The number of thiophene rings is 1. The van der Waals surface area contributed by atoms with Crippen LogP contribution < -0.4 is 0 Å². The molecule has 0 saturated heterocycles. The van der Waals surface area contributed by atoms with Gasteiger partial charge in [0.15, 0.2) is 0 Å². The summed E-state index contributed by atoms with van der Waals surface area (Å²) in [6.45, 7) is 0. The second-order valence-corrected chi connectivity index (χ2v) is 12.4. The second kappa shape index (κ2) is 9.88. The van der Waals surface area contributed by atoms with Gasteiger partial charge in [0.05, 0.1) is 35.4 Å². The van der Waals surface area contributed by atoms with E-state index in [9.17, 15) is 10.5 Å². The van der Waals surface area contributed by atoms with Crippen molar-refractivity contribution in [2.24, 2.45) is 5.92 Å². The van der Waals surface area contributed by atoms with Crippen LogP contribution >= 0.6 is 11.3 Å². The Bertz CT molecular complexity index is 2050. The molecule has 0 spiro atoms. The molecule has 1 aliphatic heterocycles. The van der Waals surface area contributed by atoms with E-state index in [2.05, 4.69) is 114 Å². The molecule has 0 N–H and O–H groups in total. The Labute approximate surface area is 249 Å². The van der Waals surface area contributed by atoms with Gasteiger partial charge in [-0.3, -0.25) is 0 Å². The van der Waals surface area contributed by atoms with Crippen molar-refractivity contribution < 1.29 is 0 Å². The van der Waals surface area contributed by atoms with Crippen molar-refractivity contribution in [1.82, 2.24) is 4.90 Å². The Hall–Kier alpha value is -4.90. The molecule has 3 aliphatic carbocycles. The molecule has 2 heterocycles. The van der Waals surface area contributed by atoms with E-state index >= 15 is 0 Å². The fourth-order valence-electron chi connectivity index (χ4n) is 7.34. The van der Waals surface area contributed by atoms with E-state index in [-0.39, 0.29) is 18.0 Å². The zero-order valence-electron chi connectivity index (χ0n) is 22.9. The van der Waals surface area contributed by atoms with Gasteiger partial charge in [-0.15, -0.1) is 11.3 Å². The molecule has 3 nitrogen and oxygen atoms in total. The molecule has 4 aliphatic rings. The van der Waals surface area contributed by atoms with Gasteiger partial charge in [0.1, 0.15) is 0 Å². The van der Waals surface area contributed by atoms with E-state index in [1.54, 1.807) is 11.3 Å². The number of hydrogen-bond acceptors (Lipinski definition) is 4. The first kappa shape index (κ1) is 24.9. The maximum Gasteiger partial charge on any atom is 0.0998 e. The van der Waals surface area contributed by atoms with Gasteiger partial charge in [0, 0.05) is 37.7 Å². The number of rotatable bonds is 3. The van der Waals surface area contributed by atoms with Gasteiger partial charge in [-0.25, -0.2) is 0 Å². The molecule has 4 aromatic rings. The van der Waals surface area contributed by atoms with Crippen LogP contribution in [0.3, 0.4) is 0 Å². The Morgan fingerprint density at radius 2 is 1.67 bits per heavy atom. The smallest absolute Gasteiger partial charge is 0.0998 e. The van der Waals surface area contributed by atoms with E-state index in [0.29, 0.717) is 11.5 Å². The standard InChI is InChI=1S/C38H27N3S/c39-22-26-8-7-12-29(38(26)41-34-13-4-1-9-30(34)31-10-2-5-14-35(31)41)24-16-18-28(27(20-24)23-40)25-17-19-37-33(21-25)32-11-3-6-15-36(32)42-37/h1,3-9,11-21,29-30,34,38H,2,10H2. The maximum absolute atomic E-state index is 10.4. The lowest BCUT2D eigenvalue weighted by atomic mass is 9.80. The zero-order chi connectivity index (χ0) is 28.2. The third-order valence-electron chi connectivity index (χ3n) is 9.21. The highest BCUT2D eigenvalue weighted by atomic mass is 32.1. The van der Waals surface area contributed by atoms with Crippen LogP contribution in [-0.4, -0.2) is 17.0 Å². The quantitative estimate of drug-likeness (QED) is 0.252. The molecule has 0 bridgehead atoms. The first-order valence-corrected chi connectivity index (χ1v) is 15.3. The average Bonchev–Trinajstić information content (AvgIpc) is 3.59. The van der Waals surface area contributed by atoms with Gasteiger partial charge >= 0.3 is 0 Å². The van der Waals surface area contributed by atoms with Crippen LogP contribution in [0.2, 0.25) is 0 Å². The molecule has 4 unspecified atom stereocenters. The molecule has 1 aromatic heterocycles. The normalized spacial score (nSPS) is 24.0. The summed E-state index contributed by atoms with van der Waals surface area (Å²) in [6, 6.07) is 26.4. The first-order valence-electron chi connectivity index (χ1n) is 14.5. The SMILES string of the molecule is N#CC1=CC=CC(c2ccc(-c3ccc4sc5ccccc5c4c3)c(C#N)c2)C1N1C2=C(CCC=C2)C2C=CC=CC21. The summed E-state index contributed by atoms with van der Waals surface area (Å²) in [6.07, 6.45) is 21.7. The van der Waals surface area contributed by atoms with Crippen LogP contribution in [-0.2, 0) is 0 Å². The van der Waals surface area contributed by atoms with E-state index in [1.165, 1.54) is 31.4 Å². The second-order valence-electron chi connectivity index (χ2n) is 11.4. The lowest BCUT2D eigenvalue weighted by molar-refractivity contribution is 0.236. The maximum atomic E-state index is 10.4. The molecular weight excluding hydrogens is 531 g/mol. The monoisotopic (exact) mass is 557 g/mol. The van der Waals surface area contributed by atoms with Crippen molar-refractivity contribution in [3.63, 3.8) is 0 Å². The van der Waals surface area contributed by atoms with Gasteiger partial charge < -0.3 is 4.90 Å². The predicted octanol–water partition coefficient (Wildman–Crippen LogP) is 9.10. The van der Waals surface area contributed by atoms with Crippen LogP contribution in [0.25, 0.3) is 31.3 Å². The van der Waals surface area contributed by atoms with Crippen molar-refractivity contribution in [3.8, 4) is 23.3 Å². The molecular formula is C38H27N3S. The van der Waals surface area contributed by atoms with Gasteiger partial charge in [-0.05, 0) is 71.5 Å². The minimum absolute atomic E-state index is 0.0590. The number of nitrogens with zero attached hydrogens (tertiary/aromatic N) is 3. The van der Waals surface area contributed by atoms with Crippen molar-refractivity contribution >= 4 is 31.5 Å². The number of allylic oxidation sites excluding steroid dienone is 6. The molecule has 0 radical (unpaired) electrons. The molecule has 8 rings (SSSR count). The number of hydrogen-bond donors (Lipinski definition) is 0. The number of fused-ring (bicyclic) bond motifs is 5. The highest BCUT2D eigenvalue weighted by Gasteiger charge is 2.45. The van der Waals surface area contributed by atoms with Crippen molar-refractivity contribution in [2.45, 2.75) is 30.8 Å². The van der Waals surface area contributed by atoms with Gasteiger partial charge in [-0.1, -0.05) is 78.9 Å². The van der Waals surface area contributed by atoms with E-state index < -0.39 is 0 Å². The molecule has 200 valence electrons. The van der Waals surface area contributed by atoms with Crippen LogP contribution in [0.4, 0.5) is 0 Å². The van der Waals surface area contributed by atoms with Crippen molar-refractivity contribution in [1.29, 1.82) is 10.5 Å². The lowest BCUT2D eigenvalue weighted by Gasteiger charge is -2.41. The minimum atomic E-state index is -0.148. The Morgan fingerprint density at radius 3 is 2.57 bits per heavy atom. The molecule has 0 fully saturated rings. The van der Waals surface area contributed by atoms with Crippen LogP contribution in [0.5, 0.6) is 0 Å². The fourth-order valence-corrected chi connectivity index (χ4v) is 8.43. The molecule has 4 heteroatoms. The summed E-state index contributed by atoms with van der Waals surface area (Å²) in [5, 5.41) is 23.2. The molecule has 0 amide bonds. The van der Waals surface area contributed by atoms with Gasteiger partial charge in [-0.2, -0.15) is 10.5 Å². The van der Waals surface area contributed by atoms with Crippen LogP contribution in [0.1, 0.15) is 29.9 Å². The lowest BCUT2D eigenvalue weighted by Crippen LogP contribution is -2.45. The summed E-state index contributed by atoms with van der Waals surface area (Å²) in [4.78, 5) is 2.48. The zero-order valence-corrected chi connectivity index (χ0v) is 23.8. The third kappa shape index (κ3) is 3.77. The topological polar surface area (TPSA) is 50.8 Å². The molecule has 0 saturated carbocycles. The minimum Gasteiger partial charge on any atom is -0.355 e.